The van der Waals surface area contributed by atoms with Crippen molar-refractivity contribution in [1.29, 1.82) is 0 Å². The van der Waals surface area contributed by atoms with Crippen LogP contribution in [-0.4, -0.2) is 62.7 Å². The summed E-state index contributed by atoms with van der Waals surface area (Å²) in [4.78, 5) is 20.7. The number of ether oxygens (including phenoxy) is 2. The first kappa shape index (κ1) is 26.1. The monoisotopic (exact) mass is 513 g/mol. The second kappa shape index (κ2) is 10.6. The molecule has 13 heteroatoms. The number of alkyl halides is 1. The van der Waals surface area contributed by atoms with Crippen LogP contribution in [0, 0.1) is 6.92 Å². The van der Waals surface area contributed by atoms with Crippen LogP contribution in [0.5, 0.6) is 0 Å². The Labute approximate surface area is 203 Å². The molecule has 6 atom stereocenters. The molecule has 0 amide bonds. The third kappa shape index (κ3) is 5.41. The normalized spacial score (nSPS) is 31.4. The summed E-state index contributed by atoms with van der Waals surface area (Å²) >= 11 is 0. The molecule has 2 aromatic rings. The summed E-state index contributed by atoms with van der Waals surface area (Å²) in [6, 6.07) is -0.963. The average Bonchev–Trinajstić information content (AvgIpc) is 3.35. The van der Waals surface area contributed by atoms with Crippen molar-refractivity contribution in [3.63, 3.8) is 0 Å². The van der Waals surface area contributed by atoms with Crippen LogP contribution in [0.15, 0.2) is 12.5 Å². The molecule has 0 bridgehead atoms. The number of hydrogen-bond donors (Lipinski definition) is 1. The van der Waals surface area contributed by atoms with Crippen LogP contribution in [0.4, 0.5) is 4.39 Å². The molecular weight excluding hydrogens is 480 g/mol. The molecule has 0 aromatic carbocycles. The predicted octanol–water partition coefficient (Wildman–Crippen LogP) is 3.62. The van der Waals surface area contributed by atoms with E-state index in [0.717, 1.165) is 32.1 Å². The third-order valence-electron chi connectivity index (χ3n) is 6.35. The van der Waals surface area contributed by atoms with Crippen molar-refractivity contribution in [2.75, 3.05) is 13.2 Å². The van der Waals surface area contributed by atoms with Gasteiger partial charge in [0.15, 0.2) is 11.3 Å². The van der Waals surface area contributed by atoms with Crippen LogP contribution >= 0.6 is 7.75 Å². The molecule has 4 rings (SSSR count). The van der Waals surface area contributed by atoms with Gasteiger partial charge in [-0.2, -0.15) is 5.10 Å². The SMILES string of the molecule is CCCCCCCOC(=O)[C@H](C)NP1(=O)OC[C@H]2O[C@@H](c3cnc4c(C)ncnn34)[C@](C)(F)[C@@H]2O1. The lowest BCUT2D eigenvalue weighted by molar-refractivity contribution is -0.145. The number of rotatable bonds is 10. The Balaban J connectivity index is 1.39. The number of aromatic nitrogens is 4. The lowest BCUT2D eigenvalue weighted by Crippen LogP contribution is -2.47. The molecule has 2 saturated heterocycles. The molecule has 2 fully saturated rings. The van der Waals surface area contributed by atoms with Gasteiger partial charge in [0.25, 0.3) is 0 Å². The Kier molecular flexibility index (Phi) is 7.87. The van der Waals surface area contributed by atoms with Gasteiger partial charge in [-0.05, 0) is 27.2 Å². The van der Waals surface area contributed by atoms with Gasteiger partial charge in [0.1, 0.15) is 30.7 Å². The molecule has 0 spiro atoms. The number of halogens is 1. The Morgan fingerprint density at radius 2 is 2.14 bits per heavy atom. The number of nitrogens with zero attached hydrogens (tertiary/aromatic N) is 4. The zero-order valence-corrected chi connectivity index (χ0v) is 21.4. The van der Waals surface area contributed by atoms with E-state index in [1.165, 1.54) is 30.9 Å². The Morgan fingerprint density at radius 3 is 2.91 bits per heavy atom. The molecule has 0 radical (unpaired) electrons. The summed E-state index contributed by atoms with van der Waals surface area (Å²) < 4.78 is 53.0. The Hall–Kier alpha value is -1.98. The average molecular weight is 514 g/mol. The number of nitrogens with one attached hydrogen (secondary N) is 1. The number of aryl methyl sites for hydroxylation is 1. The summed E-state index contributed by atoms with van der Waals surface area (Å²) in [6.07, 6.45) is 4.85. The van der Waals surface area contributed by atoms with E-state index in [4.69, 9.17) is 18.5 Å². The highest BCUT2D eigenvalue weighted by molar-refractivity contribution is 7.51. The summed E-state index contributed by atoms with van der Waals surface area (Å²) in [5, 5.41) is 6.74. The first-order valence-corrected chi connectivity index (χ1v) is 13.6. The molecule has 1 N–H and O–H groups in total. The minimum Gasteiger partial charge on any atom is -0.465 e. The molecule has 194 valence electrons. The van der Waals surface area contributed by atoms with Crippen LogP contribution in [0.3, 0.4) is 0 Å². The smallest absolute Gasteiger partial charge is 0.406 e. The zero-order chi connectivity index (χ0) is 25.2. The number of esters is 1. The maximum atomic E-state index is 16.1. The van der Waals surface area contributed by atoms with Gasteiger partial charge in [-0.3, -0.25) is 13.8 Å². The molecule has 35 heavy (non-hydrogen) atoms. The summed E-state index contributed by atoms with van der Waals surface area (Å²) in [6.45, 7) is 6.84. The Morgan fingerprint density at radius 1 is 1.37 bits per heavy atom. The predicted molar refractivity (Wildman–Crippen MR) is 123 cm³/mol. The Bertz CT molecular complexity index is 1100. The maximum Gasteiger partial charge on any atom is 0.406 e. The van der Waals surface area contributed by atoms with Gasteiger partial charge in [-0.25, -0.2) is 28.5 Å². The van der Waals surface area contributed by atoms with Crippen LogP contribution in [0.1, 0.15) is 70.4 Å². The van der Waals surface area contributed by atoms with Crippen molar-refractivity contribution in [2.45, 2.75) is 89.8 Å². The van der Waals surface area contributed by atoms with Gasteiger partial charge in [0, 0.05) is 0 Å². The molecule has 11 nitrogen and oxygen atoms in total. The van der Waals surface area contributed by atoms with E-state index in [1.807, 2.05) is 0 Å². The van der Waals surface area contributed by atoms with Crippen LogP contribution in [-0.2, 0) is 27.9 Å². The van der Waals surface area contributed by atoms with E-state index < -0.39 is 43.7 Å². The molecule has 1 unspecified atom stereocenters. The van der Waals surface area contributed by atoms with Gasteiger partial charge >= 0.3 is 13.7 Å². The molecular formula is C22H33FN5O6P. The standard InChI is InChI=1S/C22H33FN5O6P/c1-5-6-7-8-9-10-31-21(29)15(3)27-35(30)32-12-17-19(34-35)22(4,23)18(33-17)16-11-24-20-14(2)25-13-26-28(16)20/h11,13,15,17-19H,5-10,12H2,1-4H3,(H,27,30)/t15-,17+,18-,19+,22-,35?/m0/s1. The van der Waals surface area contributed by atoms with Crippen LogP contribution in [0.2, 0.25) is 0 Å². The van der Waals surface area contributed by atoms with Crippen molar-refractivity contribution in [3.8, 4) is 0 Å². The fourth-order valence-corrected chi connectivity index (χ4v) is 6.15. The van der Waals surface area contributed by atoms with Crippen molar-refractivity contribution in [2.24, 2.45) is 0 Å². The minimum atomic E-state index is -4.01. The zero-order valence-electron chi connectivity index (χ0n) is 20.5. The van der Waals surface area contributed by atoms with Crippen molar-refractivity contribution in [1.82, 2.24) is 24.7 Å². The molecule has 0 saturated carbocycles. The molecule has 2 aliphatic heterocycles. The van der Waals surface area contributed by atoms with Gasteiger partial charge in [0.05, 0.1) is 30.8 Å². The first-order chi connectivity index (χ1) is 16.7. The van der Waals surface area contributed by atoms with Crippen LogP contribution < -0.4 is 5.09 Å². The van der Waals surface area contributed by atoms with E-state index in [1.54, 1.807) is 6.92 Å². The van der Waals surface area contributed by atoms with Gasteiger partial charge in [-0.15, -0.1) is 0 Å². The maximum absolute atomic E-state index is 16.1. The van der Waals surface area contributed by atoms with Crippen molar-refractivity contribution < 1.29 is 32.3 Å². The fourth-order valence-electron chi connectivity index (χ4n) is 4.39. The second-order valence-corrected chi connectivity index (χ2v) is 10.9. The molecule has 2 aliphatic rings. The van der Waals surface area contributed by atoms with E-state index in [0.29, 0.717) is 17.0 Å². The largest absolute Gasteiger partial charge is 0.465 e. The highest BCUT2D eigenvalue weighted by atomic mass is 31.2. The molecule has 4 heterocycles. The minimum absolute atomic E-state index is 0.172. The summed E-state index contributed by atoms with van der Waals surface area (Å²) in [7, 11) is -4.01. The number of unbranched alkanes of at least 4 members (excludes halogenated alkanes) is 4. The summed E-state index contributed by atoms with van der Waals surface area (Å²) in [5.74, 6) is -0.575. The van der Waals surface area contributed by atoms with Crippen molar-refractivity contribution >= 4 is 19.4 Å². The number of imidazole rings is 1. The number of fused-ring (bicyclic) bond motifs is 2. The van der Waals surface area contributed by atoms with E-state index in [2.05, 4.69) is 27.1 Å². The van der Waals surface area contributed by atoms with Crippen molar-refractivity contribution in [3.05, 3.63) is 23.9 Å². The third-order valence-corrected chi connectivity index (χ3v) is 8.05. The first-order valence-electron chi connectivity index (χ1n) is 12.0. The van der Waals surface area contributed by atoms with E-state index in [9.17, 15) is 9.36 Å². The van der Waals surface area contributed by atoms with E-state index >= 15 is 4.39 Å². The van der Waals surface area contributed by atoms with Crippen LogP contribution in [0.25, 0.3) is 5.65 Å². The van der Waals surface area contributed by atoms with Gasteiger partial charge in [0.2, 0.25) is 0 Å². The highest BCUT2D eigenvalue weighted by Crippen LogP contribution is 2.57. The number of carbonyl (C=O) groups is 1. The number of carbonyl (C=O) groups excluding carboxylic acids is 1. The van der Waals surface area contributed by atoms with Gasteiger partial charge in [-0.1, -0.05) is 32.6 Å². The fraction of sp³-hybridized carbons (Fsp3) is 0.727. The summed E-state index contributed by atoms with van der Waals surface area (Å²) in [5.41, 5.74) is -0.577. The highest BCUT2D eigenvalue weighted by Gasteiger charge is 2.61. The topological polar surface area (TPSA) is 126 Å². The molecule has 0 aliphatic carbocycles. The van der Waals surface area contributed by atoms with Gasteiger partial charge < -0.3 is 9.47 Å². The van der Waals surface area contributed by atoms with E-state index in [-0.39, 0.29) is 13.2 Å². The lowest BCUT2D eigenvalue weighted by Gasteiger charge is -2.35. The molecule has 2 aromatic heterocycles. The quantitative estimate of drug-likeness (QED) is 0.286. The number of hydrogen-bond acceptors (Lipinski definition) is 9. The lowest BCUT2D eigenvalue weighted by atomic mass is 9.93. The second-order valence-electron chi connectivity index (χ2n) is 9.22.